The quantitative estimate of drug-likeness (QED) is 0.881. The summed E-state index contributed by atoms with van der Waals surface area (Å²) in [6, 6.07) is 1.34. The zero-order valence-corrected chi connectivity index (χ0v) is 12.5. The molecular formula is C15H25N5. The Morgan fingerprint density at radius 2 is 2.10 bits per heavy atom. The van der Waals surface area contributed by atoms with Crippen molar-refractivity contribution in [2.75, 3.05) is 30.8 Å². The lowest BCUT2D eigenvalue weighted by Crippen LogP contribution is -2.43. The van der Waals surface area contributed by atoms with Crippen LogP contribution in [0.25, 0.3) is 0 Å². The summed E-state index contributed by atoms with van der Waals surface area (Å²) in [5, 5.41) is 6.83. The van der Waals surface area contributed by atoms with Gasteiger partial charge in [-0.05, 0) is 38.6 Å². The zero-order chi connectivity index (χ0) is 13.9. The molecule has 5 heteroatoms. The lowest BCUT2D eigenvalue weighted by atomic mass is 9.97. The Hall–Kier alpha value is -1.36. The van der Waals surface area contributed by atoms with Crippen molar-refractivity contribution in [2.45, 2.75) is 51.1 Å². The molecule has 2 fully saturated rings. The van der Waals surface area contributed by atoms with Crippen LogP contribution in [-0.4, -0.2) is 47.1 Å². The Balaban J connectivity index is 1.71. The molecule has 2 saturated heterocycles. The molecule has 0 saturated carbocycles. The second-order valence-corrected chi connectivity index (χ2v) is 5.85. The van der Waals surface area contributed by atoms with Gasteiger partial charge < -0.3 is 15.5 Å². The number of rotatable bonds is 4. The summed E-state index contributed by atoms with van der Waals surface area (Å²) in [5.41, 5.74) is 1.20. The fourth-order valence-electron chi connectivity index (χ4n) is 3.64. The maximum absolute atomic E-state index is 4.46. The number of fused-ring (bicyclic) bond motifs is 1. The number of hydrogen-bond acceptors (Lipinski definition) is 5. The van der Waals surface area contributed by atoms with E-state index in [4.69, 9.17) is 0 Å². The standard InChI is InChI=1S/C15H25N5/c1-3-13-14(16-2)17-10-18-15(13)19-11-6-8-20-7-4-5-12(20)9-11/h10-12H,3-9H2,1-2H3,(H2,16,17,18,19). The van der Waals surface area contributed by atoms with Gasteiger partial charge in [-0.25, -0.2) is 9.97 Å². The molecular weight excluding hydrogens is 250 g/mol. The third-order valence-electron chi connectivity index (χ3n) is 4.70. The molecule has 0 amide bonds. The van der Waals surface area contributed by atoms with Crippen molar-refractivity contribution in [1.29, 1.82) is 0 Å². The van der Waals surface area contributed by atoms with Crippen LogP contribution in [0.15, 0.2) is 6.33 Å². The molecule has 0 radical (unpaired) electrons. The van der Waals surface area contributed by atoms with Gasteiger partial charge in [-0.3, -0.25) is 0 Å². The van der Waals surface area contributed by atoms with E-state index in [9.17, 15) is 0 Å². The van der Waals surface area contributed by atoms with E-state index in [-0.39, 0.29) is 0 Å². The van der Waals surface area contributed by atoms with Crippen LogP contribution >= 0.6 is 0 Å². The van der Waals surface area contributed by atoms with Gasteiger partial charge in [0.05, 0.1) is 0 Å². The Morgan fingerprint density at radius 3 is 2.90 bits per heavy atom. The number of anilines is 2. The molecule has 3 heterocycles. The van der Waals surface area contributed by atoms with E-state index in [0.717, 1.165) is 24.1 Å². The molecule has 2 N–H and O–H groups in total. The molecule has 0 aliphatic carbocycles. The van der Waals surface area contributed by atoms with Crippen LogP contribution in [0.5, 0.6) is 0 Å². The second kappa shape index (κ2) is 5.95. The molecule has 0 aromatic carbocycles. The van der Waals surface area contributed by atoms with Gasteiger partial charge in [0.25, 0.3) is 0 Å². The Bertz CT molecular complexity index is 462. The van der Waals surface area contributed by atoms with Crippen LogP contribution in [0.1, 0.15) is 38.2 Å². The first-order chi connectivity index (χ1) is 9.81. The first-order valence-electron chi connectivity index (χ1n) is 7.84. The van der Waals surface area contributed by atoms with E-state index in [1.54, 1.807) is 6.33 Å². The minimum absolute atomic E-state index is 0.555. The number of aromatic nitrogens is 2. The van der Waals surface area contributed by atoms with Gasteiger partial charge >= 0.3 is 0 Å². The number of piperidine rings is 1. The molecule has 2 unspecified atom stereocenters. The molecule has 2 aliphatic rings. The highest BCUT2D eigenvalue weighted by Gasteiger charge is 2.31. The Labute approximate surface area is 121 Å². The third kappa shape index (κ3) is 2.59. The van der Waals surface area contributed by atoms with Crippen LogP contribution in [0.4, 0.5) is 11.6 Å². The molecule has 2 atom stereocenters. The molecule has 2 aliphatic heterocycles. The van der Waals surface area contributed by atoms with Gasteiger partial charge in [-0.15, -0.1) is 0 Å². The average Bonchev–Trinajstić information content (AvgIpc) is 2.94. The predicted octanol–water partition coefficient (Wildman–Crippen LogP) is 2.12. The normalized spacial score (nSPS) is 26.3. The van der Waals surface area contributed by atoms with Gasteiger partial charge in [-0.1, -0.05) is 6.92 Å². The molecule has 110 valence electrons. The first kappa shape index (κ1) is 13.6. The Morgan fingerprint density at radius 1 is 1.25 bits per heavy atom. The van der Waals surface area contributed by atoms with E-state index in [0.29, 0.717) is 6.04 Å². The molecule has 1 aromatic rings. The summed E-state index contributed by atoms with van der Waals surface area (Å²) in [5.74, 6) is 1.96. The van der Waals surface area contributed by atoms with Gasteiger partial charge in [0.2, 0.25) is 0 Å². The molecule has 0 spiro atoms. The summed E-state index contributed by atoms with van der Waals surface area (Å²) in [7, 11) is 1.92. The predicted molar refractivity (Wildman–Crippen MR) is 82.2 cm³/mol. The van der Waals surface area contributed by atoms with Crippen molar-refractivity contribution >= 4 is 11.6 Å². The minimum atomic E-state index is 0.555. The zero-order valence-electron chi connectivity index (χ0n) is 12.5. The van der Waals surface area contributed by atoms with E-state index in [1.807, 2.05) is 7.05 Å². The average molecular weight is 275 g/mol. The highest BCUT2D eigenvalue weighted by Crippen LogP contribution is 2.29. The van der Waals surface area contributed by atoms with Crippen molar-refractivity contribution < 1.29 is 0 Å². The molecule has 20 heavy (non-hydrogen) atoms. The maximum Gasteiger partial charge on any atom is 0.134 e. The molecule has 3 rings (SSSR count). The van der Waals surface area contributed by atoms with E-state index >= 15 is 0 Å². The maximum atomic E-state index is 4.46. The van der Waals surface area contributed by atoms with Crippen molar-refractivity contribution in [2.24, 2.45) is 0 Å². The molecule has 5 nitrogen and oxygen atoms in total. The van der Waals surface area contributed by atoms with Crippen molar-refractivity contribution in [1.82, 2.24) is 14.9 Å². The number of hydrogen-bond donors (Lipinski definition) is 2. The fourth-order valence-corrected chi connectivity index (χ4v) is 3.64. The van der Waals surface area contributed by atoms with Gasteiger partial charge in [-0.2, -0.15) is 0 Å². The van der Waals surface area contributed by atoms with Crippen LogP contribution in [0.3, 0.4) is 0 Å². The van der Waals surface area contributed by atoms with Crippen LogP contribution < -0.4 is 10.6 Å². The summed E-state index contributed by atoms with van der Waals surface area (Å²) in [6.45, 7) is 4.69. The smallest absolute Gasteiger partial charge is 0.134 e. The topological polar surface area (TPSA) is 53.1 Å². The number of nitrogens with one attached hydrogen (secondary N) is 2. The van der Waals surface area contributed by atoms with Gasteiger partial charge in [0, 0.05) is 31.2 Å². The van der Waals surface area contributed by atoms with E-state index < -0.39 is 0 Å². The third-order valence-corrected chi connectivity index (χ3v) is 4.70. The summed E-state index contributed by atoms with van der Waals surface area (Å²) >= 11 is 0. The fraction of sp³-hybridized carbons (Fsp3) is 0.733. The van der Waals surface area contributed by atoms with E-state index in [1.165, 1.54) is 44.3 Å². The monoisotopic (exact) mass is 275 g/mol. The highest BCUT2D eigenvalue weighted by atomic mass is 15.2. The van der Waals surface area contributed by atoms with Crippen LogP contribution in [0, 0.1) is 0 Å². The highest BCUT2D eigenvalue weighted by molar-refractivity contribution is 5.57. The second-order valence-electron chi connectivity index (χ2n) is 5.85. The largest absolute Gasteiger partial charge is 0.373 e. The van der Waals surface area contributed by atoms with E-state index in [2.05, 4.69) is 32.4 Å². The van der Waals surface area contributed by atoms with Crippen molar-refractivity contribution in [3.63, 3.8) is 0 Å². The SMILES string of the molecule is CCc1c(NC)ncnc1NC1CCN2CCCC2C1. The first-order valence-corrected chi connectivity index (χ1v) is 7.84. The van der Waals surface area contributed by atoms with Gasteiger partial charge in [0.1, 0.15) is 18.0 Å². The lowest BCUT2D eigenvalue weighted by Gasteiger charge is -2.35. The van der Waals surface area contributed by atoms with Gasteiger partial charge in [0.15, 0.2) is 0 Å². The summed E-state index contributed by atoms with van der Waals surface area (Å²) < 4.78 is 0. The van der Waals surface area contributed by atoms with Crippen LogP contribution in [-0.2, 0) is 6.42 Å². The number of nitrogens with zero attached hydrogens (tertiary/aromatic N) is 3. The summed E-state index contributed by atoms with van der Waals surface area (Å²) in [4.78, 5) is 11.4. The Kier molecular flexibility index (Phi) is 4.05. The van der Waals surface area contributed by atoms with Crippen molar-refractivity contribution in [3.8, 4) is 0 Å². The van der Waals surface area contributed by atoms with Crippen LogP contribution in [0.2, 0.25) is 0 Å². The molecule has 0 bridgehead atoms. The summed E-state index contributed by atoms with van der Waals surface area (Å²) in [6.07, 6.45) is 7.81. The minimum Gasteiger partial charge on any atom is -0.373 e. The van der Waals surface area contributed by atoms with Crippen molar-refractivity contribution in [3.05, 3.63) is 11.9 Å². The molecule has 1 aromatic heterocycles. The lowest BCUT2D eigenvalue weighted by molar-refractivity contribution is 0.188.